The molecule has 0 saturated carbocycles. The van der Waals surface area contributed by atoms with Gasteiger partial charge in [0, 0.05) is 39.1 Å². The Hall–Kier alpha value is -1.10. The van der Waals surface area contributed by atoms with Crippen LogP contribution < -0.4 is 0 Å². The van der Waals surface area contributed by atoms with Crippen LogP contribution in [0.15, 0.2) is 0 Å². The van der Waals surface area contributed by atoms with E-state index in [0.717, 1.165) is 19.6 Å². The summed E-state index contributed by atoms with van der Waals surface area (Å²) in [6.07, 6.45) is 0.0512. The van der Waals surface area contributed by atoms with E-state index in [1.54, 1.807) is 4.90 Å². The van der Waals surface area contributed by atoms with E-state index in [-0.39, 0.29) is 24.2 Å². The van der Waals surface area contributed by atoms with Crippen molar-refractivity contribution < 1.29 is 14.7 Å². The number of carbonyl (C=O) groups excluding carboxylic acids is 1. The van der Waals surface area contributed by atoms with Crippen LogP contribution in [-0.2, 0) is 9.59 Å². The summed E-state index contributed by atoms with van der Waals surface area (Å²) < 4.78 is 0. The third-order valence-corrected chi connectivity index (χ3v) is 2.98. The summed E-state index contributed by atoms with van der Waals surface area (Å²) in [6.45, 7) is 10.9. The molecule has 0 aliphatic carbocycles. The predicted molar refractivity (Wildman–Crippen MR) is 69.3 cm³/mol. The zero-order valence-corrected chi connectivity index (χ0v) is 11.6. The summed E-state index contributed by atoms with van der Waals surface area (Å²) in [5, 5.41) is 8.55. The second-order valence-corrected chi connectivity index (χ2v) is 6.11. The number of carboxylic acids is 1. The van der Waals surface area contributed by atoms with Crippen LogP contribution in [-0.4, -0.2) is 59.5 Å². The first-order valence-corrected chi connectivity index (χ1v) is 6.50. The van der Waals surface area contributed by atoms with Crippen LogP contribution in [0, 0.1) is 5.41 Å². The zero-order valence-electron chi connectivity index (χ0n) is 11.6. The topological polar surface area (TPSA) is 60.9 Å². The number of amides is 1. The molecule has 0 unspecified atom stereocenters. The van der Waals surface area contributed by atoms with E-state index in [1.165, 1.54) is 0 Å². The average molecular weight is 256 g/mol. The Bertz CT molecular complexity index is 302. The molecule has 0 aromatic heterocycles. The van der Waals surface area contributed by atoms with Crippen molar-refractivity contribution in [2.24, 2.45) is 5.41 Å². The van der Waals surface area contributed by atoms with E-state index in [9.17, 15) is 9.59 Å². The lowest BCUT2D eigenvalue weighted by molar-refractivity contribution is -0.141. The van der Waals surface area contributed by atoms with Crippen LogP contribution in [0.3, 0.4) is 0 Å². The molecule has 1 heterocycles. The van der Waals surface area contributed by atoms with Crippen LogP contribution in [0.25, 0.3) is 0 Å². The Morgan fingerprint density at radius 1 is 1.06 bits per heavy atom. The van der Waals surface area contributed by atoms with Gasteiger partial charge in [-0.05, 0) is 5.41 Å². The van der Waals surface area contributed by atoms with Crippen LogP contribution in [0.4, 0.5) is 0 Å². The maximum absolute atomic E-state index is 11.7. The monoisotopic (exact) mass is 256 g/mol. The van der Waals surface area contributed by atoms with Crippen LogP contribution in [0.1, 0.15) is 33.6 Å². The lowest BCUT2D eigenvalue weighted by Gasteiger charge is -2.37. The van der Waals surface area contributed by atoms with Crippen LogP contribution in [0.5, 0.6) is 0 Å². The third kappa shape index (κ3) is 5.49. The highest BCUT2D eigenvalue weighted by Crippen LogP contribution is 2.16. The fourth-order valence-corrected chi connectivity index (χ4v) is 2.20. The molecule has 1 amide bonds. The van der Waals surface area contributed by atoms with Gasteiger partial charge in [-0.25, -0.2) is 0 Å². The zero-order chi connectivity index (χ0) is 13.8. The summed E-state index contributed by atoms with van der Waals surface area (Å²) in [5.74, 6) is -0.942. The van der Waals surface area contributed by atoms with E-state index < -0.39 is 5.97 Å². The van der Waals surface area contributed by atoms with Crippen molar-refractivity contribution in [3.8, 4) is 0 Å². The molecule has 18 heavy (non-hydrogen) atoms. The summed E-state index contributed by atoms with van der Waals surface area (Å²) in [7, 11) is 0. The van der Waals surface area contributed by atoms with Crippen molar-refractivity contribution in [3.05, 3.63) is 0 Å². The van der Waals surface area contributed by atoms with Gasteiger partial charge in [-0.1, -0.05) is 20.8 Å². The average Bonchev–Trinajstić information content (AvgIpc) is 2.24. The number of hydrogen-bond donors (Lipinski definition) is 1. The van der Waals surface area contributed by atoms with Gasteiger partial charge in [-0.15, -0.1) is 0 Å². The van der Waals surface area contributed by atoms with Gasteiger partial charge in [-0.3, -0.25) is 14.5 Å². The Kier molecular flexibility index (Phi) is 5.14. The highest BCUT2D eigenvalue weighted by molar-refractivity contribution is 5.80. The molecule has 1 aliphatic rings. The number of piperazine rings is 1. The number of carboxylic acid groups (broad SMARTS) is 1. The fraction of sp³-hybridized carbons (Fsp3) is 0.846. The van der Waals surface area contributed by atoms with Gasteiger partial charge in [0.05, 0.1) is 6.42 Å². The van der Waals surface area contributed by atoms with Gasteiger partial charge in [-0.2, -0.15) is 0 Å². The predicted octanol–water partition coefficient (Wildman–Crippen LogP) is 1.04. The molecule has 1 N–H and O–H groups in total. The lowest BCUT2D eigenvalue weighted by Crippen LogP contribution is -2.50. The number of nitrogens with zero attached hydrogens (tertiary/aromatic N) is 2. The number of aliphatic carboxylic acids is 1. The van der Waals surface area contributed by atoms with Crippen molar-refractivity contribution in [1.29, 1.82) is 0 Å². The molecule has 5 nitrogen and oxygen atoms in total. The number of hydrogen-bond acceptors (Lipinski definition) is 3. The summed E-state index contributed by atoms with van der Waals surface area (Å²) in [4.78, 5) is 26.3. The molecule has 0 spiro atoms. The van der Waals surface area contributed by atoms with Gasteiger partial charge in [0.2, 0.25) is 5.91 Å². The first kappa shape index (κ1) is 15.0. The Balaban J connectivity index is 2.30. The quantitative estimate of drug-likeness (QED) is 0.816. The summed E-state index contributed by atoms with van der Waals surface area (Å²) in [6, 6.07) is 0. The van der Waals surface area contributed by atoms with Crippen molar-refractivity contribution in [2.45, 2.75) is 33.6 Å². The van der Waals surface area contributed by atoms with Crippen LogP contribution in [0.2, 0.25) is 0 Å². The maximum Gasteiger partial charge on any atom is 0.303 e. The summed E-state index contributed by atoms with van der Waals surface area (Å²) >= 11 is 0. The van der Waals surface area contributed by atoms with E-state index in [2.05, 4.69) is 25.7 Å². The normalized spacial score (nSPS) is 17.8. The largest absolute Gasteiger partial charge is 0.481 e. The molecule has 1 fully saturated rings. The Morgan fingerprint density at radius 3 is 2.06 bits per heavy atom. The molecule has 0 aromatic rings. The van der Waals surface area contributed by atoms with E-state index in [4.69, 9.17) is 5.11 Å². The molecule has 104 valence electrons. The van der Waals surface area contributed by atoms with Crippen molar-refractivity contribution in [1.82, 2.24) is 9.80 Å². The van der Waals surface area contributed by atoms with E-state index >= 15 is 0 Å². The van der Waals surface area contributed by atoms with Crippen LogP contribution >= 0.6 is 0 Å². The Labute approximate surface area is 109 Å². The third-order valence-electron chi connectivity index (χ3n) is 2.98. The first-order chi connectivity index (χ1) is 8.28. The Morgan fingerprint density at radius 2 is 1.61 bits per heavy atom. The molecule has 5 heteroatoms. The molecule has 0 radical (unpaired) electrons. The smallest absolute Gasteiger partial charge is 0.303 e. The fourth-order valence-electron chi connectivity index (χ4n) is 2.20. The minimum absolute atomic E-state index is 0.0344. The molecular formula is C13H24N2O3. The van der Waals surface area contributed by atoms with Gasteiger partial charge >= 0.3 is 5.97 Å². The van der Waals surface area contributed by atoms with Crippen molar-refractivity contribution >= 4 is 11.9 Å². The highest BCUT2D eigenvalue weighted by atomic mass is 16.4. The summed E-state index contributed by atoms with van der Waals surface area (Å²) in [5.41, 5.74) is 0.273. The van der Waals surface area contributed by atoms with Gasteiger partial charge < -0.3 is 10.0 Å². The van der Waals surface area contributed by atoms with Gasteiger partial charge in [0.25, 0.3) is 0 Å². The van der Waals surface area contributed by atoms with E-state index in [0.29, 0.717) is 13.1 Å². The molecule has 1 rings (SSSR count). The van der Waals surface area contributed by atoms with E-state index in [1.807, 2.05) is 0 Å². The molecule has 0 bridgehead atoms. The van der Waals surface area contributed by atoms with Gasteiger partial charge in [0.1, 0.15) is 0 Å². The molecule has 1 saturated heterocycles. The number of rotatable bonds is 4. The lowest BCUT2D eigenvalue weighted by atomic mass is 9.96. The molecule has 0 atom stereocenters. The first-order valence-electron chi connectivity index (χ1n) is 6.50. The minimum atomic E-state index is -0.908. The second kappa shape index (κ2) is 6.18. The minimum Gasteiger partial charge on any atom is -0.481 e. The van der Waals surface area contributed by atoms with Gasteiger partial charge in [0.15, 0.2) is 0 Å². The highest BCUT2D eigenvalue weighted by Gasteiger charge is 2.24. The van der Waals surface area contributed by atoms with Crippen molar-refractivity contribution in [2.75, 3.05) is 32.7 Å². The molecule has 1 aliphatic heterocycles. The number of carbonyl (C=O) groups is 2. The molecular weight excluding hydrogens is 232 g/mol. The standard InChI is InChI=1S/C13H24N2O3/c1-13(2,3)10-14-6-8-15(9-7-14)11(16)4-5-12(17)18/h4-10H2,1-3H3,(H,17,18). The maximum atomic E-state index is 11.7. The SMILES string of the molecule is CC(C)(C)CN1CCN(C(=O)CCC(=O)O)CC1. The second-order valence-electron chi connectivity index (χ2n) is 6.11. The van der Waals surface area contributed by atoms with Crippen molar-refractivity contribution in [3.63, 3.8) is 0 Å². The molecule has 0 aromatic carbocycles.